The van der Waals surface area contributed by atoms with Crippen LogP contribution in [0.25, 0.3) is 6.08 Å². The highest BCUT2D eigenvalue weighted by Gasteiger charge is 2.31. The van der Waals surface area contributed by atoms with E-state index in [2.05, 4.69) is 4.98 Å². The number of nitrogens with zero attached hydrogens (tertiary/aromatic N) is 1. The van der Waals surface area contributed by atoms with E-state index in [-0.39, 0.29) is 30.1 Å². The summed E-state index contributed by atoms with van der Waals surface area (Å²) in [6, 6.07) is 11.9. The zero-order valence-corrected chi connectivity index (χ0v) is 16.7. The van der Waals surface area contributed by atoms with Gasteiger partial charge in [0.15, 0.2) is 11.6 Å². The molecule has 0 saturated heterocycles. The third-order valence-electron chi connectivity index (χ3n) is 5.43. The third kappa shape index (κ3) is 4.51. The Balaban J connectivity index is 1.67. The zero-order valence-electron chi connectivity index (χ0n) is 16.7. The van der Waals surface area contributed by atoms with E-state index in [4.69, 9.17) is 0 Å². The molecule has 0 unspecified atom stereocenters. The van der Waals surface area contributed by atoms with Crippen molar-refractivity contribution in [3.8, 4) is 0 Å². The van der Waals surface area contributed by atoms with Crippen LogP contribution in [0.15, 0.2) is 66.9 Å². The molecule has 0 aliphatic heterocycles. The summed E-state index contributed by atoms with van der Waals surface area (Å²) in [6.07, 6.45) is 0.0434. The van der Waals surface area contributed by atoms with Crippen molar-refractivity contribution >= 4 is 17.6 Å². The molecule has 0 bridgehead atoms. The SMILES string of the molecule is O=C1C=Cc2cc(C(=O)C[C@@H](c3ccc(C(F)(F)F)cc3)c3ncccc3F)ccc2C1. The van der Waals surface area contributed by atoms with Gasteiger partial charge in [0.25, 0.3) is 0 Å². The summed E-state index contributed by atoms with van der Waals surface area (Å²) >= 11 is 0. The van der Waals surface area contributed by atoms with Crippen LogP contribution in [0.2, 0.25) is 0 Å². The molecule has 1 atom stereocenters. The summed E-state index contributed by atoms with van der Waals surface area (Å²) in [5.74, 6) is -1.84. The predicted octanol–water partition coefficient (Wildman–Crippen LogP) is 5.78. The standard InChI is InChI=1S/C25H17F4NO2/c26-22-2-1-11-30-24(22)21(15-5-8-19(9-6-15)25(27,28)29)14-23(32)18-4-3-17-13-20(31)10-7-16(17)12-18/h1-12,21H,13-14H2/t21-/m0/s1. The van der Waals surface area contributed by atoms with Crippen molar-refractivity contribution in [2.75, 3.05) is 0 Å². The molecule has 32 heavy (non-hydrogen) atoms. The van der Waals surface area contributed by atoms with Crippen LogP contribution in [-0.4, -0.2) is 16.6 Å². The molecular formula is C25H17F4NO2. The highest BCUT2D eigenvalue weighted by atomic mass is 19.4. The fraction of sp³-hybridized carbons (Fsp3) is 0.160. The van der Waals surface area contributed by atoms with Gasteiger partial charge in [-0.25, -0.2) is 4.39 Å². The van der Waals surface area contributed by atoms with Crippen molar-refractivity contribution in [2.45, 2.75) is 24.9 Å². The molecule has 1 aliphatic rings. The van der Waals surface area contributed by atoms with Crippen molar-refractivity contribution in [1.82, 2.24) is 4.98 Å². The molecule has 1 heterocycles. The van der Waals surface area contributed by atoms with Crippen molar-refractivity contribution in [3.63, 3.8) is 0 Å². The molecule has 7 heteroatoms. The highest BCUT2D eigenvalue weighted by Crippen LogP contribution is 2.34. The number of halogens is 4. The second-order valence-electron chi connectivity index (χ2n) is 7.56. The van der Waals surface area contributed by atoms with Gasteiger partial charge in [-0.3, -0.25) is 14.6 Å². The van der Waals surface area contributed by atoms with Gasteiger partial charge in [-0.15, -0.1) is 0 Å². The van der Waals surface area contributed by atoms with Crippen LogP contribution in [0.3, 0.4) is 0 Å². The number of allylic oxidation sites excluding steroid dienone is 1. The van der Waals surface area contributed by atoms with Gasteiger partial charge in [-0.2, -0.15) is 13.2 Å². The number of carbonyl (C=O) groups excluding carboxylic acids is 2. The Labute approximate surface area is 181 Å². The molecule has 4 rings (SSSR count). The van der Waals surface area contributed by atoms with Gasteiger partial charge in [0.1, 0.15) is 5.82 Å². The monoisotopic (exact) mass is 439 g/mol. The Morgan fingerprint density at radius 1 is 1.03 bits per heavy atom. The average molecular weight is 439 g/mol. The number of aromatic nitrogens is 1. The second kappa shape index (κ2) is 8.49. The van der Waals surface area contributed by atoms with E-state index in [9.17, 15) is 27.2 Å². The maximum Gasteiger partial charge on any atom is 0.416 e. The minimum absolute atomic E-state index is 0.0101. The first-order valence-electron chi connectivity index (χ1n) is 9.87. The van der Waals surface area contributed by atoms with Crippen molar-refractivity contribution < 1.29 is 27.2 Å². The number of hydrogen-bond acceptors (Lipinski definition) is 3. The lowest BCUT2D eigenvalue weighted by Gasteiger charge is -2.18. The Hall–Kier alpha value is -3.61. The number of ketones is 2. The van der Waals surface area contributed by atoms with Gasteiger partial charge in [0, 0.05) is 30.5 Å². The van der Waals surface area contributed by atoms with Crippen LogP contribution >= 0.6 is 0 Å². The van der Waals surface area contributed by atoms with Gasteiger partial charge >= 0.3 is 6.18 Å². The van der Waals surface area contributed by atoms with E-state index in [0.717, 1.165) is 23.3 Å². The summed E-state index contributed by atoms with van der Waals surface area (Å²) < 4.78 is 53.4. The summed E-state index contributed by atoms with van der Waals surface area (Å²) in [5.41, 5.74) is 1.45. The summed E-state index contributed by atoms with van der Waals surface area (Å²) in [7, 11) is 0. The van der Waals surface area contributed by atoms with Crippen LogP contribution in [0.1, 0.15) is 50.6 Å². The Bertz CT molecular complexity index is 1210. The minimum atomic E-state index is -4.50. The first-order valence-corrected chi connectivity index (χ1v) is 9.87. The molecule has 0 spiro atoms. The Morgan fingerprint density at radius 2 is 1.78 bits per heavy atom. The van der Waals surface area contributed by atoms with Gasteiger partial charge < -0.3 is 0 Å². The van der Waals surface area contributed by atoms with Gasteiger partial charge in [0.05, 0.1) is 11.3 Å². The Morgan fingerprint density at radius 3 is 2.47 bits per heavy atom. The summed E-state index contributed by atoms with van der Waals surface area (Å²) in [5, 5.41) is 0. The van der Waals surface area contributed by atoms with Crippen LogP contribution in [-0.2, 0) is 17.4 Å². The van der Waals surface area contributed by atoms with Crippen LogP contribution in [0.5, 0.6) is 0 Å². The van der Waals surface area contributed by atoms with Crippen LogP contribution in [0.4, 0.5) is 17.6 Å². The molecule has 0 saturated carbocycles. The van der Waals surface area contributed by atoms with E-state index in [1.165, 1.54) is 36.5 Å². The average Bonchev–Trinajstić information content (AvgIpc) is 2.77. The van der Waals surface area contributed by atoms with Gasteiger partial charge in [-0.1, -0.05) is 30.3 Å². The zero-order chi connectivity index (χ0) is 22.9. The summed E-state index contributed by atoms with van der Waals surface area (Å²) in [6.45, 7) is 0. The van der Waals surface area contributed by atoms with E-state index in [1.807, 2.05) is 0 Å². The molecule has 0 N–H and O–H groups in total. The first-order chi connectivity index (χ1) is 15.2. The maximum atomic E-state index is 14.5. The molecule has 3 nitrogen and oxygen atoms in total. The first kappa shape index (κ1) is 21.6. The number of carbonyl (C=O) groups is 2. The Kier molecular flexibility index (Phi) is 5.74. The molecule has 3 aromatic rings. The van der Waals surface area contributed by atoms with Crippen LogP contribution < -0.4 is 0 Å². The number of benzene rings is 2. The normalized spacial score (nSPS) is 14.2. The number of alkyl halides is 3. The van der Waals surface area contributed by atoms with E-state index in [0.29, 0.717) is 11.1 Å². The molecule has 2 aromatic carbocycles. The molecule has 162 valence electrons. The number of rotatable bonds is 5. The lowest BCUT2D eigenvalue weighted by atomic mass is 9.86. The van der Waals surface area contributed by atoms with E-state index < -0.39 is 23.5 Å². The lowest BCUT2D eigenvalue weighted by Crippen LogP contribution is -2.14. The maximum absolute atomic E-state index is 14.5. The third-order valence-corrected chi connectivity index (χ3v) is 5.43. The van der Waals surface area contributed by atoms with Crippen molar-refractivity contribution in [3.05, 3.63) is 106 Å². The number of Topliss-reactive ketones (excluding diaryl/α,β-unsaturated/α-hetero) is 1. The number of hydrogen-bond donors (Lipinski definition) is 0. The fourth-order valence-electron chi connectivity index (χ4n) is 3.75. The highest BCUT2D eigenvalue weighted by molar-refractivity contribution is 6.01. The smallest absolute Gasteiger partial charge is 0.294 e. The summed E-state index contributed by atoms with van der Waals surface area (Å²) in [4.78, 5) is 28.7. The predicted molar refractivity (Wildman–Crippen MR) is 111 cm³/mol. The van der Waals surface area contributed by atoms with E-state index >= 15 is 0 Å². The fourth-order valence-corrected chi connectivity index (χ4v) is 3.75. The molecular weight excluding hydrogens is 422 g/mol. The molecule has 0 amide bonds. The minimum Gasteiger partial charge on any atom is -0.294 e. The number of pyridine rings is 1. The molecule has 1 aliphatic carbocycles. The topological polar surface area (TPSA) is 47.0 Å². The molecule has 0 radical (unpaired) electrons. The van der Waals surface area contributed by atoms with Gasteiger partial charge in [-0.05, 0) is 53.1 Å². The molecule has 0 fully saturated rings. The quantitative estimate of drug-likeness (QED) is 0.374. The van der Waals surface area contributed by atoms with Gasteiger partial charge in [0.2, 0.25) is 0 Å². The van der Waals surface area contributed by atoms with Crippen molar-refractivity contribution in [1.29, 1.82) is 0 Å². The largest absolute Gasteiger partial charge is 0.416 e. The lowest BCUT2D eigenvalue weighted by molar-refractivity contribution is -0.137. The van der Waals surface area contributed by atoms with Crippen molar-refractivity contribution in [2.24, 2.45) is 0 Å². The van der Waals surface area contributed by atoms with Crippen LogP contribution in [0, 0.1) is 5.82 Å². The second-order valence-corrected chi connectivity index (χ2v) is 7.56. The van der Waals surface area contributed by atoms with E-state index in [1.54, 1.807) is 24.3 Å². The molecule has 1 aromatic heterocycles. The number of fused-ring (bicyclic) bond motifs is 1.